The minimum Gasteiger partial charge on any atom is -0.295 e. The number of hydrogen-bond donors (Lipinski definition) is 0. The van der Waals surface area contributed by atoms with E-state index in [0.29, 0.717) is 26.5 Å². The van der Waals surface area contributed by atoms with Crippen LogP contribution >= 0.6 is 15.9 Å². The first-order valence-electron chi connectivity index (χ1n) is 7.00. The summed E-state index contributed by atoms with van der Waals surface area (Å²) in [6.45, 7) is 0. The van der Waals surface area contributed by atoms with E-state index < -0.39 is 9.84 Å². The molecule has 0 saturated carbocycles. The van der Waals surface area contributed by atoms with Gasteiger partial charge in [0.2, 0.25) is 15.0 Å². The zero-order valence-electron chi connectivity index (χ0n) is 13.2. The van der Waals surface area contributed by atoms with Gasteiger partial charge in [0.15, 0.2) is 0 Å². The van der Waals surface area contributed by atoms with Crippen molar-refractivity contribution in [2.45, 2.75) is 5.16 Å². The van der Waals surface area contributed by atoms with Gasteiger partial charge in [0, 0.05) is 40.5 Å². The Morgan fingerprint density at radius 1 is 1.28 bits per heavy atom. The van der Waals surface area contributed by atoms with Gasteiger partial charge in [0.1, 0.15) is 11.7 Å². The first-order valence-corrected chi connectivity index (χ1v) is 9.68. The number of hydrogen-bond acceptors (Lipinski definition) is 6. The number of halogens is 1. The number of pyridine rings is 1. The van der Waals surface area contributed by atoms with E-state index in [0.717, 1.165) is 6.26 Å². The predicted molar refractivity (Wildman–Crippen MR) is 95.7 cm³/mol. The number of nitrogens with zero attached hydrogens (tertiary/aromatic N) is 4. The lowest BCUT2D eigenvalue weighted by molar-refractivity contribution is 0.593. The topological polar surface area (TPSA) is 106 Å². The first-order chi connectivity index (χ1) is 11.7. The third-order valence-electron chi connectivity index (χ3n) is 3.67. The molecule has 0 amide bonds. The van der Waals surface area contributed by atoms with Crippen LogP contribution in [0.25, 0.3) is 22.2 Å². The second kappa shape index (κ2) is 6.06. The zero-order valence-corrected chi connectivity index (χ0v) is 15.6. The van der Waals surface area contributed by atoms with Crippen LogP contribution in [0.5, 0.6) is 0 Å². The molecule has 1 aromatic carbocycles. The summed E-state index contributed by atoms with van der Waals surface area (Å²) >= 11 is 3.31. The van der Waals surface area contributed by atoms with Gasteiger partial charge in [-0.2, -0.15) is 10.2 Å². The third-order valence-corrected chi connectivity index (χ3v) is 5.19. The molecule has 9 heteroatoms. The van der Waals surface area contributed by atoms with Gasteiger partial charge in [-0.3, -0.25) is 9.36 Å². The van der Waals surface area contributed by atoms with E-state index in [1.165, 1.54) is 17.8 Å². The van der Waals surface area contributed by atoms with Gasteiger partial charge >= 0.3 is 0 Å². The average Bonchev–Trinajstić information content (AvgIpc) is 2.56. The maximum absolute atomic E-state index is 12.8. The molecule has 3 aromatic rings. The van der Waals surface area contributed by atoms with E-state index in [-0.39, 0.29) is 16.4 Å². The Balaban J connectivity index is 2.38. The summed E-state index contributed by atoms with van der Waals surface area (Å²) in [5, 5.41) is 9.53. The normalized spacial score (nSPS) is 11.4. The van der Waals surface area contributed by atoms with E-state index in [2.05, 4.69) is 32.0 Å². The van der Waals surface area contributed by atoms with Gasteiger partial charge in [-0.05, 0) is 28.1 Å². The third kappa shape index (κ3) is 2.94. The molecule has 0 spiro atoms. The van der Waals surface area contributed by atoms with Crippen molar-refractivity contribution in [1.29, 1.82) is 5.26 Å². The second-order valence-electron chi connectivity index (χ2n) is 5.40. The largest absolute Gasteiger partial charge is 0.295 e. The lowest BCUT2D eigenvalue weighted by Gasteiger charge is -2.10. The number of benzene rings is 1. The number of rotatable bonds is 2. The summed E-state index contributed by atoms with van der Waals surface area (Å²) < 4.78 is 25.1. The lowest BCUT2D eigenvalue weighted by atomic mass is 10.0. The number of aromatic nitrogens is 3. The van der Waals surface area contributed by atoms with E-state index in [1.54, 1.807) is 24.3 Å². The molecule has 0 radical (unpaired) electrons. The van der Waals surface area contributed by atoms with Crippen molar-refractivity contribution < 1.29 is 8.42 Å². The molecule has 0 saturated heterocycles. The summed E-state index contributed by atoms with van der Waals surface area (Å²) in [6.07, 6.45) is 2.35. The molecule has 0 N–H and O–H groups in total. The van der Waals surface area contributed by atoms with Gasteiger partial charge in [-0.25, -0.2) is 13.4 Å². The SMILES string of the molecule is Cn1c(=O)c(-c2cccc(Br)c2C#N)cc2cnc(S(C)(=O)=O)nc21. The van der Waals surface area contributed by atoms with Crippen molar-refractivity contribution in [2.75, 3.05) is 6.26 Å². The molecule has 2 heterocycles. The highest BCUT2D eigenvalue weighted by Gasteiger charge is 2.17. The molecule has 0 bridgehead atoms. The van der Waals surface area contributed by atoms with Gasteiger partial charge in [0.05, 0.1) is 5.56 Å². The Kier molecular flexibility index (Phi) is 4.18. The molecule has 3 rings (SSSR count). The van der Waals surface area contributed by atoms with Crippen molar-refractivity contribution >= 4 is 36.8 Å². The van der Waals surface area contributed by atoms with E-state index in [4.69, 9.17) is 0 Å². The van der Waals surface area contributed by atoms with Crippen LogP contribution in [0.2, 0.25) is 0 Å². The summed E-state index contributed by atoms with van der Waals surface area (Å²) in [5.74, 6) is 0. The molecule has 0 aliphatic heterocycles. The fourth-order valence-corrected chi connectivity index (χ4v) is 3.42. The summed E-state index contributed by atoms with van der Waals surface area (Å²) in [6, 6.07) is 8.77. The van der Waals surface area contributed by atoms with Crippen molar-refractivity contribution in [1.82, 2.24) is 14.5 Å². The first kappa shape index (κ1) is 17.3. The fourth-order valence-electron chi connectivity index (χ4n) is 2.46. The van der Waals surface area contributed by atoms with E-state index in [1.807, 2.05) is 0 Å². The molecule has 0 atom stereocenters. The van der Waals surface area contributed by atoms with Crippen LogP contribution in [0, 0.1) is 11.3 Å². The summed E-state index contributed by atoms with van der Waals surface area (Å²) in [4.78, 5) is 20.6. The number of nitriles is 1. The minimum atomic E-state index is -3.59. The Labute approximate surface area is 151 Å². The van der Waals surface area contributed by atoms with E-state index >= 15 is 0 Å². The van der Waals surface area contributed by atoms with Gasteiger partial charge < -0.3 is 0 Å². The maximum atomic E-state index is 12.8. The Morgan fingerprint density at radius 3 is 2.64 bits per heavy atom. The van der Waals surface area contributed by atoms with Crippen LogP contribution in [0.3, 0.4) is 0 Å². The maximum Gasteiger partial charge on any atom is 0.259 e. The molecular weight excluding hydrogens is 408 g/mol. The Morgan fingerprint density at radius 2 is 2.00 bits per heavy atom. The minimum absolute atomic E-state index is 0.206. The van der Waals surface area contributed by atoms with Crippen molar-refractivity contribution in [3.05, 3.63) is 50.9 Å². The molecule has 0 aliphatic carbocycles. The predicted octanol–water partition coefficient (Wildman–Crippen LogP) is 2.03. The molecule has 0 fully saturated rings. The number of sulfone groups is 1. The molecular formula is C16H11BrN4O3S. The fraction of sp³-hybridized carbons (Fsp3) is 0.125. The summed E-state index contributed by atoms with van der Waals surface area (Å²) in [5.41, 5.74) is 0.945. The Bertz CT molecular complexity index is 1230. The van der Waals surface area contributed by atoms with Gasteiger partial charge in [-0.1, -0.05) is 12.1 Å². The second-order valence-corrected chi connectivity index (χ2v) is 8.16. The van der Waals surface area contributed by atoms with Crippen LogP contribution in [-0.2, 0) is 16.9 Å². The molecule has 126 valence electrons. The monoisotopic (exact) mass is 418 g/mol. The van der Waals surface area contributed by atoms with Crippen LogP contribution in [0.4, 0.5) is 0 Å². The zero-order chi connectivity index (χ0) is 18.4. The van der Waals surface area contributed by atoms with Crippen molar-refractivity contribution in [3.63, 3.8) is 0 Å². The number of fused-ring (bicyclic) bond motifs is 1. The highest BCUT2D eigenvalue weighted by molar-refractivity contribution is 9.10. The quantitative estimate of drug-likeness (QED) is 0.589. The Hall–Kier alpha value is -2.57. The smallest absolute Gasteiger partial charge is 0.259 e. The highest BCUT2D eigenvalue weighted by Crippen LogP contribution is 2.28. The average molecular weight is 419 g/mol. The highest BCUT2D eigenvalue weighted by atomic mass is 79.9. The lowest BCUT2D eigenvalue weighted by Crippen LogP contribution is -2.21. The molecule has 0 unspecified atom stereocenters. The standard InChI is InChI=1S/C16H11BrN4O3S/c1-21-14-9(8-19-16(20-14)25(2,23)24)6-11(15(21)22)10-4-3-5-13(17)12(10)7-18/h3-6,8H,1-2H3. The van der Waals surface area contributed by atoms with Crippen LogP contribution < -0.4 is 5.56 Å². The van der Waals surface area contributed by atoms with Gasteiger partial charge in [0.25, 0.3) is 5.56 Å². The van der Waals surface area contributed by atoms with Crippen LogP contribution in [0.1, 0.15) is 5.56 Å². The summed E-state index contributed by atoms with van der Waals surface area (Å²) in [7, 11) is -2.09. The van der Waals surface area contributed by atoms with Gasteiger partial charge in [-0.15, -0.1) is 0 Å². The molecule has 2 aromatic heterocycles. The molecule has 25 heavy (non-hydrogen) atoms. The molecule has 0 aliphatic rings. The van der Waals surface area contributed by atoms with Crippen LogP contribution in [-0.4, -0.2) is 29.2 Å². The van der Waals surface area contributed by atoms with Crippen molar-refractivity contribution in [3.8, 4) is 17.2 Å². The van der Waals surface area contributed by atoms with Crippen molar-refractivity contribution in [2.24, 2.45) is 7.05 Å². The molecule has 7 nitrogen and oxygen atoms in total. The van der Waals surface area contributed by atoms with E-state index in [9.17, 15) is 18.5 Å². The number of aryl methyl sites for hydroxylation is 1. The van der Waals surface area contributed by atoms with Crippen LogP contribution in [0.15, 0.2) is 44.9 Å².